The highest BCUT2D eigenvalue weighted by Gasteiger charge is 2.46. The van der Waals surface area contributed by atoms with Crippen molar-refractivity contribution >= 4 is 17.4 Å². The topological polar surface area (TPSA) is 106 Å². The van der Waals surface area contributed by atoms with Crippen molar-refractivity contribution in [3.8, 4) is 17.2 Å². The number of Topliss-reactive ketones (excluding diaryl/α,β-unsaturated/α-hetero) is 1. The fourth-order valence-electron chi connectivity index (χ4n) is 3.69. The third kappa shape index (κ3) is 4.06. The molecule has 31 heavy (non-hydrogen) atoms. The highest BCUT2D eigenvalue weighted by Crippen LogP contribution is 2.42. The smallest absolute Gasteiger partial charge is 0.295 e. The second-order valence-electron chi connectivity index (χ2n) is 7.10. The van der Waals surface area contributed by atoms with E-state index in [1.54, 1.807) is 37.3 Å². The van der Waals surface area contributed by atoms with Crippen LogP contribution in [-0.2, 0) is 14.3 Å². The molecule has 0 spiro atoms. The van der Waals surface area contributed by atoms with Crippen LogP contribution >= 0.6 is 0 Å². The number of rotatable bonds is 7. The summed E-state index contributed by atoms with van der Waals surface area (Å²) in [5.74, 6) is -1.09. The van der Waals surface area contributed by atoms with Crippen molar-refractivity contribution in [3.05, 3.63) is 58.7 Å². The molecule has 1 heterocycles. The normalized spacial score (nSPS) is 17.8. The van der Waals surface area contributed by atoms with Gasteiger partial charge in [0, 0.05) is 19.2 Å². The van der Waals surface area contributed by atoms with Crippen LogP contribution in [0.3, 0.4) is 0 Å². The number of aliphatic hydroxyl groups is 1. The number of aromatic hydroxyl groups is 1. The zero-order chi connectivity index (χ0) is 22.7. The Morgan fingerprint density at radius 2 is 1.81 bits per heavy atom. The lowest BCUT2D eigenvalue weighted by Gasteiger charge is -2.25. The number of likely N-dealkylation sites (tertiary alicyclic amines) is 1. The van der Waals surface area contributed by atoms with Gasteiger partial charge in [0.1, 0.15) is 11.5 Å². The number of nitrogens with zero attached hydrogens (tertiary/aromatic N) is 1. The molecule has 0 bridgehead atoms. The monoisotopic (exact) mass is 427 g/mol. The molecule has 2 N–H and O–H groups in total. The van der Waals surface area contributed by atoms with Gasteiger partial charge in [-0.2, -0.15) is 0 Å². The van der Waals surface area contributed by atoms with Gasteiger partial charge in [-0.3, -0.25) is 9.59 Å². The van der Waals surface area contributed by atoms with Crippen LogP contribution in [0.1, 0.15) is 22.7 Å². The Bertz CT molecular complexity index is 1040. The first-order valence-corrected chi connectivity index (χ1v) is 9.63. The molecule has 1 aliphatic rings. The Kier molecular flexibility index (Phi) is 6.50. The Labute approximate surface area is 180 Å². The molecule has 2 aromatic carbocycles. The summed E-state index contributed by atoms with van der Waals surface area (Å²) in [5.41, 5.74) is 1.57. The molecule has 1 amide bonds. The van der Waals surface area contributed by atoms with Crippen LogP contribution in [0.15, 0.2) is 42.0 Å². The van der Waals surface area contributed by atoms with Gasteiger partial charge in [0.25, 0.3) is 11.7 Å². The van der Waals surface area contributed by atoms with Gasteiger partial charge >= 0.3 is 0 Å². The van der Waals surface area contributed by atoms with Crippen LogP contribution < -0.4 is 9.47 Å². The number of aliphatic hydroxyl groups excluding tert-OH is 1. The fourth-order valence-corrected chi connectivity index (χ4v) is 3.69. The first-order chi connectivity index (χ1) is 14.8. The number of phenols is 1. The number of hydrogen-bond acceptors (Lipinski definition) is 7. The van der Waals surface area contributed by atoms with Crippen LogP contribution in [0.2, 0.25) is 0 Å². The molecule has 8 heteroatoms. The lowest BCUT2D eigenvalue weighted by atomic mass is 9.93. The van der Waals surface area contributed by atoms with Crippen molar-refractivity contribution < 1.29 is 34.0 Å². The average Bonchev–Trinajstić information content (AvgIpc) is 3.02. The lowest BCUT2D eigenvalue weighted by molar-refractivity contribution is -0.140. The Morgan fingerprint density at radius 3 is 2.42 bits per heavy atom. The molecule has 0 saturated carbocycles. The van der Waals surface area contributed by atoms with E-state index in [1.807, 2.05) is 0 Å². The number of carbonyl (C=O) groups is 2. The highest BCUT2D eigenvalue weighted by molar-refractivity contribution is 6.46. The maximum absolute atomic E-state index is 13.0. The zero-order valence-electron chi connectivity index (χ0n) is 17.8. The largest absolute Gasteiger partial charge is 0.507 e. The van der Waals surface area contributed by atoms with Crippen molar-refractivity contribution in [2.75, 3.05) is 34.5 Å². The summed E-state index contributed by atoms with van der Waals surface area (Å²) in [7, 11) is 4.44. The molecule has 1 atom stereocenters. The van der Waals surface area contributed by atoms with Crippen LogP contribution in [0.5, 0.6) is 17.2 Å². The van der Waals surface area contributed by atoms with Crippen LogP contribution in [0.25, 0.3) is 5.76 Å². The van der Waals surface area contributed by atoms with Crippen LogP contribution in [-0.4, -0.2) is 61.3 Å². The van der Waals surface area contributed by atoms with Crippen molar-refractivity contribution in [1.82, 2.24) is 4.90 Å². The minimum absolute atomic E-state index is 0.0397. The molecule has 0 aromatic heterocycles. The molecule has 164 valence electrons. The van der Waals surface area contributed by atoms with E-state index >= 15 is 0 Å². The minimum atomic E-state index is -0.869. The van der Waals surface area contributed by atoms with E-state index in [1.165, 1.54) is 32.3 Å². The SMILES string of the molecule is COCCN1C(=O)C(=O)/C(=C(/O)c2ccc(OC)cc2C)[C@@H]1c1ccc(O)c(OC)c1. The van der Waals surface area contributed by atoms with E-state index in [-0.39, 0.29) is 36.0 Å². The molecule has 0 unspecified atom stereocenters. The van der Waals surface area contributed by atoms with E-state index in [4.69, 9.17) is 14.2 Å². The number of methoxy groups -OCH3 is 3. The Hall–Kier alpha value is -3.52. The van der Waals surface area contributed by atoms with Gasteiger partial charge in [0.15, 0.2) is 11.5 Å². The van der Waals surface area contributed by atoms with E-state index in [0.29, 0.717) is 22.4 Å². The third-order valence-corrected chi connectivity index (χ3v) is 5.28. The van der Waals surface area contributed by atoms with E-state index < -0.39 is 17.7 Å². The maximum Gasteiger partial charge on any atom is 0.295 e. The number of ketones is 1. The summed E-state index contributed by atoms with van der Waals surface area (Å²) in [5, 5.41) is 21.1. The molecule has 8 nitrogen and oxygen atoms in total. The fraction of sp³-hybridized carbons (Fsp3) is 0.304. The summed E-state index contributed by atoms with van der Waals surface area (Å²) in [6, 6.07) is 8.72. The zero-order valence-corrected chi connectivity index (χ0v) is 17.8. The number of amides is 1. The molecule has 2 aromatic rings. The molecular weight excluding hydrogens is 402 g/mol. The number of phenolic OH excluding ortho intramolecular Hbond substituents is 1. The summed E-state index contributed by atoms with van der Waals surface area (Å²) in [4.78, 5) is 27.2. The Balaban J connectivity index is 2.21. The van der Waals surface area contributed by atoms with Crippen LogP contribution in [0, 0.1) is 6.92 Å². The second-order valence-corrected chi connectivity index (χ2v) is 7.10. The minimum Gasteiger partial charge on any atom is -0.507 e. The molecule has 1 fully saturated rings. The third-order valence-electron chi connectivity index (χ3n) is 5.28. The highest BCUT2D eigenvalue weighted by atomic mass is 16.5. The molecule has 1 aliphatic heterocycles. The molecule has 3 rings (SSSR count). The van der Waals surface area contributed by atoms with Crippen molar-refractivity contribution in [1.29, 1.82) is 0 Å². The number of carbonyl (C=O) groups excluding carboxylic acids is 2. The van der Waals surface area contributed by atoms with Gasteiger partial charge in [0.2, 0.25) is 0 Å². The lowest BCUT2D eigenvalue weighted by Crippen LogP contribution is -2.32. The maximum atomic E-state index is 13.0. The summed E-state index contributed by atoms with van der Waals surface area (Å²) < 4.78 is 15.5. The standard InChI is InChI=1S/C23H25NO7/c1-13-11-15(30-3)6-7-16(13)21(26)19-20(14-5-8-17(25)18(12-14)31-4)24(9-10-29-2)23(28)22(19)27/h5-8,11-12,20,25-26H,9-10H2,1-4H3/b21-19+/t20-/m0/s1. The predicted molar refractivity (Wildman–Crippen MR) is 113 cm³/mol. The van der Waals surface area contributed by atoms with Gasteiger partial charge in [-0.1, -0.05) is 6.07 Å². The van der Waals surface area contributed by atoms with Gasteiger partial charge in [0.05, 0.1) is 32.4 Å². The van der Waals surface area contributed by atoms with E-state index in [0.717, 1.165) is 0 Å². The predicted octanol–water partition coefficient (Wildman–Crippen LogP) is 2.79. The summed E-state index contributed by atoms with van der Waals surface area (Å²) in [6.07, 6.45) is 0. The number of benzene rings is 2. The quantitative estimate of drug-likeness (QED) is 0.398. The van der Waals surface area contributed by atoms with E-state index in [2.05, 4.69) is 0 Å². The summed E-state index contributed by atoms with van der Waals surface area (Å²) in [6.45, 7) is 2.13. The summed E-state index contributed by atoms with van der Waals surface area (Å²) >= 11 is 0. The van der Waals surface area contributed by atoms with Crippen LogP contribution in [0.4, 0.5) is 0 Å². The number of ether oxygens (including phenoxy) is 3. The van der Waals surface area contributed by atoms with Gasteiger partial charge in [-0.05, 0) is 48.4 Å². The average molecular weight is 427 g/mol. The van der Waals surface area contributed by atoms with Crippen molar-refractivity contribution in [2.24, 2.45) is 0 Å². The van der Waals surface area contributed by atoms with Gasteiger partial charge in [-0.25, -0.2) is 0 Å². The van der Waals surface area contributed by atoms with Gasteiger partial charge < -0.3 is 29.3 Å². The molecular formula is C23H25NO7. The van der Waals surface area contributed by atoms with Crippen molar-refractivity contribution in [2.45, 2.75) is 13.0 Å². The number of hydrogen-bond donors (Lipinski definition) is 2. The Morgan fingerprint density at radius 1 is 1.06 bits per heavy atom. The first kappa shape index (κ1) is 22.2. The van der Waals surface area contributed by atoms with E-state index in [9.17, 15) is 19.8 Å². The second kappa shape index (κ2) is 9.09. The molecule has 1 saturated heterocycles. The number of aryl methyl sites for hydroxylation is 1. The first-order valence-electron chi connectivity index (χ1n) is 9.63. The molecule has 0 aliphatic carbocycles. The van der Waals surface area contributed by atoms with Gasteiger partial charge in [-0.15, -0.1) is 0 Å². The molecule has 0 radical (unpaired) electrons. The van der Waals surface area contributed by atoms with Crippen molar-refractivity contribution in [3.63, 3.8) is 0 Å².